The SMILES string of the molecule is CC[C@H](C)[C@H](N)C(=O)O.O=Cc1cc(COC(=O)c2cc[c]cc2)ccc1O. The largest absolute Gasteiger partial charge is 0.507 e. The molecule has 2 rings (SSSR count). The van der Waals surface area contributed by atoms with E-state index in [0.29, 0.717) is 17.4 Å². The van der Waals surface area contributed by atoms with E-state index in [-0.39, 0.29) is 23.8 Å². The van der Waals surface area contributed by atoms with E-state index in [2.05, 4.69) is 6.07 Å². The predicted octanol–water partition coefficient (Wildman–Crippen LogP) is 2.81. The number of ether oxygens (including phenoxy) is 1. The minimum absolute atomic E-state index is 0.0402. The van der Waals surface area contributed by atoms with Crippen LogP contribution in [0.1, 0.15) is 46.5 Å². The van der Waals surface area contributed by atoms with Gasteiger partial charge in [0.15, 0.2) is 6.29 Å². The summed E-state index contributed by atoms with van der Waals surface area (Å²) in [7, 11) is 0. The van der Waals surface area contributed by atoms with Gasteiger partial charge in [0.05, 0.1) is 11.1 Å². The maximum atomic E-state index is 11.7. The highest BCUT2D eigenvalue weighted by Crippen LogP contribution is 2.17. The number of hydrogen-bond donors (Lipinski definition) is 3. The van der Waals surface area contributed by atoms with Gasteiger partial charge in [0, 0.05) is 0 Å². The molecule has 4 N–H and O–H groups in total. The highest BCUT2D eigenvalue weighted by molar-refractivity contribution is 5.89. The molecule has 0 bridgehead atoms. The number of phenols is 1. The summed E-state index contributed by atoms with van der Waals surface area (Å²) in [6.07, 6.45) is 1.36. The van der Waals surface area contributed by atoms with Crippen molar-refractivity contribution < 1.29 is 29.3 Å². The van der Waals surface area contributed by atoms with Crippen molar-refractivity contribution >= 4 is 18.2 Å². The van der Waals surface area contributed by atoms with Gasteiger partial charge in [-0.15, -0.1) is 0 Å². The van der Waals surface area contributed by atoms with Gasteiger partial charge >= 0.3 is 11.9 Å². The van der Waals surface area contributed by atoms with E-state index in [0.717, 1.165) is 6.42 Å². The fourth-order valence-corrected chi connectivity index (χ4v) is 2.04. The van der Waals surface area contributed by atoms with Gasteiger partial charge in [0.25, 0.3) is 0 Å². The third-order valence-corrected chi connectivity index (χ3v) is 4.08. The van der Waals surface area contributed by atoms with E-state index in [9.17, 15) is 19.5 Å². The Morgan fingerprint density at radius 1 is 1.25 bits per heavy atom. The van der Waals surface area contributed by atoms with Crippen LogP contribution in [0, 0.1) is 12.0 Å². The summed E-state index contributed by atoms with van der Waals surface area (Å²) in [5, 5.41) is 17.7. The van der Waals surface area contributed by atoms with Crippen LogP contribution in [0.25, 0.3) is 0 Å². The van der Waals surface area contributed by atoms with Crippen molar-refractivity contribution in [1.29, 1.82) is 0 Å². The van der Waals surface area contributed by atoms with Crippen LogP contribution < -0.4 is 5.73 Å². The summed E-state index contributed by atoms with van der Waals surface area (Å²) in [6, 6.07) is 13.0. The van der Waals surface area contributed by atoms with Crippen molar-refractivity contribution in [3.8, 4) is 5.75 Å². The van der Waals surface area contributed by atoms with Crippen molar-refractivity contribution in [2.45, 2.75) is 32.9 Å². The summed E-state index contributed by atoms with van der Waals surface area (Å²) >= 11 is 0. The van der Waals surface area contributed by atoms with Crippen LogP contribution >= 0.6 is 0 Å². The Morgan fingerprint density at radius 2 is 1.89 bits per heavy atom. The van der Waals surface area contributed by atoms with Crippen LogP contribution in [0.4, 0.5) is 0 Å². The lowest BCUT2D eigenvalue weighted by Gasteiger charge is -2.11. The lowest BCUT2D eigenvalue weighted by atomic mass is 10.0. The number of esters is 1. The van der Waals surface area contributed by atoms with Gasteiger partial charge in [-0.25, -0.2) is 4.79 Å². The molecule has 7 nitrogen and oxygen atoms in total. The van der Waals surface area contributed by atoms with Crippen LogP contribution in [0.5, 0.6) is 5.75 Å². The van der Waals surface area contributed by atoms with E-state index in [4.69, 9.17) is 15.6 Å². The van der Waals surface area contributed by atoms with Gasteiger partial charge in [-0.05, 0) is 41.8 Å². The Bertz CT molecular complexity index is 791. The molecular formula is C21H24NO6. The first-order valence-electron chi connectivity index (χ1n) is 8.68. The van der Waals surface area contributed by atoms with Crippen LogP contribution in [0.2, 0.25) is 0 Å². The Morgan fingerprint density at radius 3 is 2.39 bits per heavy atom. The molecule has 0 aliphatic carbocycles. The van der Waals surface area contributed by atoms with Crippen molar-refractivity contribution in [3.05, 3.63) is 65.2 Å². The van der Waals surface area contributed by atoms with Crippen LogP contribution in [-0.2, 0) is 16.1 Å². The number of carboxylic acids is 1. The number of phenolic OH excluding ortho intramolecular Hbond substituents is 1. The molecule has 0 amide bonds. The van der Waals surface area contributed by atoms with E-state index in [1.165, 1.54) is 12.1 Å². The molecule has 0 spiro atoms. The molecule has 0 unspecified atom stereocenters. The normalized spacial score (nSPS) is 12.1. The minimum atomic E-state index is -0.913. The van der Waals surface area contributed by atoms with Gasteiger partial charge in [-0.2, -0.15) is 0 Å². The molecule has 2 atom stereocenters. The lowest BCUT2D eigenvalue weighted by Crippen LogP contribution is -2.36. The first-order valence-corrected chi connectivity index (χ1v) is 8.68. The molecule has 0 aromatic heterocycles. The average molecular weight is 386 g/mol. The fourth-order valence-electron chi connectivity index (χ4n) is 2.04. The highest BCUT2D eigenvalue weighted by Gasteiger charge is 2.17. The second kappa shape index (κ2) is 11.5. The van der Waals surface area contributed by atoms with Gasteiger partial charge in [0.2, 0.25) is 0 Å². The smallest absolute Gasteiger partial charge is 0.338 e. The Hall–Kier alpha value is -3.19. The topological polar surface area (TPSA) is 127 Å². The number of aromatic hydroxyl groups is 1. The Kier molecular flexibility index (Phi) is 9.39. The van der Waals surface area contributed by atoms with Gasteiger partial charge in [-0.3, -0.25) is 9.59 Å². The molecule has 0 aliphatic heterocycles. The number of hydrogen-bond acceptors (Lipinski definition) is 6. The summed E-state index contributed by atoms with van der Waals surface area (Å²) in [4.78, 5) is 32.5. The quantitative estimate of drug-likeness (QED) is 0.493. The molecule has 2 aromatic rings. The molecule has 0 aliphatic rings. The maximum Gasteiger partial charge on any atom is 0.338 e. The third-order valence-electron chi connectivity index (χ3n) is 4.08. The number of aliphatic carboxylic acids is 1. The van der Waals surface area contributed by atoms with Gasteiger partial charge in [0.1, 0.15) is 18.4 Å². The first kappa shape index (κ1) is 22.9. The van der Waals surface area contributed by atoms with Crippen LogP contribution in [0.3, 0.4) is 0 Å². The Labute approximate surface area is 163 Å². The molecule has 1 radical (unpaired) electrons. The first-order chi connectivity index (χ1) is 13.3. The molecule has 28 heavy (non-hydrogen) atoms. The van der Waals surface area contributed by atoms with E-state index in [1.807, 2.05) is 13.8 Å². The Balaban J connectivity index is 0.000000370. The van der Waals surface area contributed by atoms with Gasteiger partial charge < -0.3 is 20.7 Å². The fraction of sp³-hybridized carbons (Fsp3) is 0.286. The maximum absolute atomic E-state index is 11.7. The molecule has 0 saturated heterocycles. The minimum Gasteiger partial charge on any atom is -0.507 e. The second-order valence-corrected chi connectivity index (χ2v) is 6.13. The summed E-state index contributed by atoms with van der Waals surface area (Å²) in [5.74, 6) is -1.38. The van der Waals surface area contributed by atoms with E-state index >= 15 is 0 Å². The monoisotopic (exact) mass is 386 g/mol. The van der Waals surface area contributed by atoms with Crippen molar-refractivity contribution in [3.63, 3.8) is 0 Å². The highest BCUT2D eigenvalue weighted by atomic mass is 16.5. The predicted molar refractivity (Wildman–Crippen MR) is 103 cm³/mol. The van der Waals surface area contributed by atoms with Crippen molar-refractivity contribution in [1.82, 2.24) is 0 Å². The molecule has 0 saturated carbocycles. The molecular weight excluding hydrogens is 362 g/mol. The van der Waals surface area contributed by atoms with Gasteiger partial charge in [-0.1, -0.05) is 38.5 Å². The number of carbonyl (C=O) groups is 3. The number of rotatable bonds is 7. The summed E-state index contributed by atoms with van der Waals surface area (Å²) < 4.78 is 5.10. The van der Waals surface area contributed by atoms with Crippen molar-refractivity contribution in [2.24, 2.45) is 11.7 Å². The van der Waals surface area contributed by atoms with Crippen molar-refractivity contribution in [2.75, 3.05) is 0 Å². The number of nitrogens with two attached hydrogens (primary N) is 1. The second-order valence-electron chi connectivity index (χ2n) is 6.13. The number of carbonyl (C=O) groups excluding carboxylic acids is 2. The zero-order valence-electron chi connectivity index (χ0n) is 15.8. The molecule has 7 heteroatoms. The summed E-state index contributed by atoms with van der Waals surface area (Å²) in [6.45, 7) is 3.80. The summed E-state index contributed by atoms with van der Waals surface area (Å²) in [5.41, 5.74) is 6.51. The van der Waals surface area contributed by atoms with E-state index < -0.39 is 18.0 Å². The third kappa shape index (κ3) is 7.20. The number of benzene rings is 2. The lowest BCUT2D eigenvalue weighted by molar-refractivity contribution is -0.139. The zero-order valence-corrected chi connectivity index (χ0v) is 15.8. The van der Waals surface area contributed by atoms with Crippen LogP contribution in [-0.4, -0.2) is 34.5 Å². The number of carboxylic acid groups (broad SMARTS) is 1. The van der Waals surface area contributed by atoms with E-state index in [1.54, 1.807) is 30.3 Å². The molecule has 149 valence electrons. The standard InChI is InChI=1S/C15H11O4.C6H13NO2/c16-9-13-8-11(6-7-14(13)17)10-19-15(18)12-4-2-1-3-5-12;1-3-4(2)5(7)6(8)9/h2-9,17H,10H2;4-5H,3,7H2,1-2H3,(H,8,9)/t;4-,5-/m.0/s1. The molecule has 0 heterocycles. The zero-order chi connectivity index (χ0) is 21.1. The average Bonchev–Trinajstić information content (AvgIpc) is 2.72. The molecule has 0 fully saturated rings. The van der Waals surface area contributed by atoms with Crippen LogP contribution in [0.15, 0.2) is 42.5 Å². The number of aldehydes is 1. The molecule has 2 aromatic carbocycles.